The Bertz CT molecular complexity index is 730. The third-order valence-electron chi connectivity index (χ3n) is 3.40. The van der Waals surface area contributed by atoms with Crippen LogP contribution in [0.2, 0.25) is 0 Å². The lowest BCUT2D eigenvalue weighted by Crippen LogP contribution is -2.05. The molecule has 23 heavy (non-hydrogen) atoms. The van der Waals surface area contributed by atoms with Crippen molar-refractivity contribution in [2.75, 3.05) is 6.61 Å². The molecule has 0 spiro atoms. The molecule has 0 aliphatic heterocycles. The van der Waals surface area contributed by atoms with E-state index in [2.05, 4.69) is 10.2 Å². The lowest BCUT2D eigenvalue weighted by molar-refractivity contribution is 0.0478. The van der Waals surface area contributed by atoms with Gasteiger partial charge >= 0.3 is 11.9 Å². The fourth-order valence-corrected chi connectivity index (χ4v) is 2.40. The second-order valence-corrected chi connectivity index (χ2v) is 4.92. The zero-order valence-electron chi connectivity index (χ0n) is 12.7. The summed E-state index contributed by atoms with van der Waals surface area (Å²) in [5, 5.41) is 7.87. The molecule has 1 heterocycles. The topological polar surface area (TPSA) is 65.2 Å². The van der Waals surface area contributed by atoms with Crippen molar-refractivity contribution in [3.8, 4) is 0 Å². The summed E-state index contributed by atoms with van der Waals surface area (Å²) in [6, 6.07) is 19.7. The first-order valence-corrected chi connectivity index (χ1v) is 7.40. The molecule has 0 bridgehead atoms. The Labute approximate surface area is 133 Å². The van der Waals surface area contributed by atoms with Crippen LogP contribution >= 0.6 is 0 Å². The first-order valence-electron chi connectivity index (χ1n) is 7.40. The molecule has 3 rings (SSSR count). The van der Waals surface area contributed by atoms with Gasteiger partial charge in [0.15, 0.2) is 0 Å². The van der Waals surface area contributed by atoms with Crippen LogP contribution in [0.3, 0.4) is 0 Å². The van der Waals surface area contributed by atoms with E-state index in [-0.39, 0.29) is 18.4 Å². The average molecular weight is 308 g/mol. The highest BCUT2D eigenvalue weighted by molar-refractivity contribution is 5.83. The van der Waals surface area contributed by atoms with Crippen molar-refractivity contribution >= 4 is 5.97 Å². The Morgan fingerprint density at radius 3 is 2.09 bits per heavy atom. The van der Waals surface area contributed by atoms with Gasteiger partial charge in [-0.2, -0.15) is 0 Å². The summed E-state index contributed by atoms with van der Waals surface area (Å²) < 4.78 is 10.5. The quantitative estimate of drug-likeness (QED) is 0.676. The van der Waals surface area contributed by atoms with E-state index >= 15 is 0 Å². The van der Waals surface area contributed by atoms with Crippen molar-refractivity contribution in [2.45, 2.75) is 12.8 Å². The Morgan fingerprint density at radius 2 is 1.57 bits per heavy atom. The molecule has 116 valence electrons. The van der Waals surface area contributed by atoms with Crippen molar-refractivity contribution in [1.82, 2.24) is 10.2 Å². The summed E-state index contributed by atoms with van der Waals surface area (Å²) >= 11 is 0. The molecule has 0 N–H and O–H groups in total. The number of rotatable bonds is 5. The van der Waals surface area contributed by atoms with Gasteiger partial charge in [-0.25, -0.2) is 4.79 Å². The van der Waals surface area contributed by atoms with Gasteiger partial charge in [-0.3, -0.25) is 0 Å². The molecule has 0 aliphatic carbocycles. The molecular formula is C18H16N2O3. The molecule has 1 aromatic heterocycles. The fourth-order valence-electron chi connectivity index (χ4n) is 2.40. The predicted molar refractivity (Wildman–Crippen MR) is 84.1 cm³/mol. The molecule has 0 fully saturated rings. The molecule has 5 heteroatoms. The normalized spacial score (nSPS) is 10.7. The third kappa shape index (κ3) is 3.29. The summed E-state index contributed by atoms with van der Waals surface area (Å²) in [6.45, 7) is 1.99. The number of esters is 1. The van der Waals surface area contributed by atoms with Gasteiger partial charge in [0.05, 0.1) is 12.5 Å². The second kappa shape index (κ2) is 6.87. The summed E-state index contributed by atoms with van der Waals surface area (Å²) in [5.74, 6) is -0.594. The average Bonchev–Trinajstić information content (AvgIpc) is 3.07. The zero-order valence-corrected chi connectivity index (χ0v) is 12.7. The molecule has 0 aliphatic rings. The van der Waals surface area contributed by atoms with Crippen LogP contribution in [-0.4, -0.2) is 22.8 Å². The molecule has 0 atom stereocenters. The van der Waals surface area contributed by atoms with Crippen LogP contribution in [0.4, 0.5) is 0 Å². The molecule has 5 nitrogen and oxygen atoms in total. The maximum Gasteiger partial charge on any atom is 0.396 e. The smallest absolute Gasteiger partial charge is 0.396 e. The lowest BCUT2D eigenvalue weighted by Gasteiger charge is -2.13. The van der Waals surface area contributed by atoms with E-state index in [1.54, 1.807) is 6.92 Å². The summed E-state index contributed by atoms with van der Waals surface area (Å²) in [4.78, 5) is 11.7. The minimum Gasteiger partial charge on any atom is -0.459 e. The molecule has 0 amide bonds. The number of aromatic nitrogens is 2. The zero-order chi connectivity index (χ0) is 16.1. The number of hydrogen-bond acceptors (Lipinski definition) is 5. The van der Waals surface area contributed by atoms with Gasteiger partial charge in [-0.15, -0.1) is 10.2 Å². The van der Waals surface area contributed by atoms with Gasteiger partial charge in [0.25, 0.3) is 0 Å². The summed E-state index contributed by atoms with van der Waals surface area (Å²) in [5.41, 5.74) is 2.02. The third-order valence-corrected chi connectivity index (χ3v) is 3.40. The van der Waals surface area contributed by atoms with Gasteiger partial charge < -0.3 is 9.15 Å². The number of nitrogens with zero attached hydrogens (tertiary/aromatic N) is 2. The molecule has 0 saturated carbocycles. The predicted octanol–water partition coefficient (Wildman–Crippen LogP) is 3.43. The minimum absolute atomic E-state index is 0.126. The van der Waals surface area contributed by atoms with Gasteiger partial charge in [-0.1, -0.05) is 60.7 Å². The molecular weight excluding hydrogens is 292 g/mol. The van der Waals surface area contributed by atoms with Crippen LogP contribution in [0, 0.1) is 0 Å². The Hall–Kier alpha value is -2.95. The lowest BCUT2D eigenvalue weighted by atomic mass is 9.91. The second-order valence-electron chi connectivity index (χ2n) is 4.92. The van der Waals surface area contributed by atoms with Crippen LogP contribution in [-0.2, 0) is 4.74 Å². The van der Waals surface area contributed by atoms with Crippen LogP contribution in [0.25, 0.3) is 0 Å². The van der Waals surface area contributed by atoms with E-state index in [4.69, 9.17) is 9.15 Å². The van der Waals surface area contributed by atoms with E-state index in [9.17, 15) is 4.79 Å². The monoisotopic (exact) mass is 308 g/mol. The van der Waals surface area contributed by atoms with Gasteiger partial charge in [0, 0.05) is 0 Å². The number of carbonyl (C=O) groups is 1. The molecule has 3 aromatic rings. The van der Waals surface area contributed by atoms with Gasteiger partial charge in [0.2, 0.25) is 5.89 Å². The Morgan fingerprint density at radius 1 is 1.00 bits per heavy atom. The van der Waals surface area contributed by atoms with Crippen LogP contribution in [0.15, 0.2) is 65.1 Å². The van der Waals surface area contributed by atoms with Crippen LogP contribution in [0.5, 0.6) is 0 Å². The molecule has 2 aromatic carbocycles. The largest absolute Gasteiger partial charge is 0.459 e. The van der Waals surface area contributed by atoms with E-state index in [0.29, 0.717) is 5.89 Å². The van der Waals surface area contributed by atoms with Crippen molar-refractivity contribution in [3.63, 3.8) is 0 Å². The van der Waals surface area contributed by atoms with Gasteiger partial charge in [-0.05, 0) is 18.1 Å². The maximum absolute atomic E-state index is 11.7. The van der Waals surface area contributed by atoms with Crippen molar-refractivity contribution < 1.29 is 13.9 Å². The first kappa shape index (κ1) is 15.0. The van der Waals surface area contributed by atoms with Crippen LogP contribution < -0.4 is 0 Å². The van der Waals surface area contributed by atoms with E-state index < -0.39 is 5.97 Å². The highest BCUT2D eigenvalue weighted by Crippen LogP contribution is 2.30. The molecule has 0 saturated heterocycles. The fraction of sp³-hybridized carbons (Fsp3) is 0.167. The van der Waals surface area contributed by atoms with E-state index in [1.165, 1.54) is 0 Å². The SMILES string of the molecule is CCOC(=O)c1nnc(C(c2ccccc2)c2ccccc2)o1. The Kier molecular flexibility index (Phi) is 4.47. The highest BCUT2D eigenvalue weighted by Gasteiger charge is 2.25. The van der Waals surface area contributed by atoms with Crippen molar-refractivity contribution in [2.24, 2.45) is 0 Å². The number of hydrogen-bond donors (Lipinski definition) is 0. The molecule has 0 radical (unpaired) electrons. The van der Waals surface area contributed by atoms with E-state index in [0.717, 1.165) is 11.1 Å². The van der Waals surface area contributed by atoms with Crippen LogP contribution in [0.1, 0.15) is 40.5 Å². The number of carbonyl (C=O) groups excluding carboxylic acids is 1. The number of benzene rings is 2. The van der Waals surface area contributed by atoms with Crippen molar-refractivity contribution in [1.29, 1.82) is 0 Å². The highest BCUT2D eigenvalue weighted by atomic mass is 16.5. The number of ether oxygens (including phenoxy) is 1. The van der Waals surface area contributed by atoms with Gasteiger partial charge in [0.1, 0.15) is 0 Å². The first-order chi connectivity index (χ1) is 11.3. The summed E-state index contributed by atoms with van der Waals surface area (Å²) in [6.07, 6.45) is 0. The molecule has 0 unspecified atom stereocenters. The summed E-state index contributed by atoms with van der Waals surface area (Å²) in [7, 11) is 0. The van der Waals surface area contributed by atoms with Crippen molar-refractivity contribution in [3.05, 3.63) is 83.6 Å². The minimum atomic E-state index is -0.605. The maximum atomic E-state index is 11.7. The standard InChI is InChI=1S/C18H16N2O3/c1-2-22-18(21)17-20-19-16(23-17)15(13-9-5-3-6-10-13)14-11-7-4-8-12-14/h3-12,15H,2H2,1H3. The van der Waals surface area contributed by atoms with E-state index in [1.807, 2.05) is 60.7 Å². The Balaban J connectivity index is 2.01.